The second kappa shape index (κ2) is 4.97. The van der Waals surface area contributed by atoms with Crippen molar-refractivity contribution < 1.29 is 0 Å². The van der Waals surface area contributed by atoms with Crippen LogP contribution in [-0.2, 0) is 6.54 Å². The molecule has 2 heteroatoms. The van der Waals surface area contributed by atoms with E-state index in [4.69, 9.17) is 0 Å². The summed E-state index contributed by atoms with van der Waals surface area (Å²) in [7, 11) is 0. The average molecular weight is 241 g/mol. The summed E-state index contributed by atoms with van der Waals surface area (Å²) in [5, 5.41) is 1.16. The standard InChI is InChI=1S/C16H19NO/c18-16-11-10-14-8-4-5-9-15(14)17(16)12-13-6-2-1-3-7-13/h4-5,8-11,13H,1-3,6-7,12H2. The third kappa shape index (κ3) is 2.20. The first-order valence-electron chi connectivity index (χ1n) is 6.93. The molecule has 0 atom stereocenters. The van der Waals surface area contributed by atoms with Crippen LogP contribution in [0.4, 0.5) is 0 Å². The maximum absolute atomic E-state index is 12.1. The summed E-state index contributed by atoms with van der Waals surface area (Å²) in [4.78, 5) is 12.1. The van der Waals surface area contributed by atoms with Gasteiger partial charge in [-0.05, 0) is 36.3 Å². The van der Waals surface area contributed by atoms with Crippen molar-refractivity contribution in [2.45, 2.75) is 38.6 Å². The van der Waals surface area contributed by atoms with Crippen molar-refractivity contribution in [3.05, 3.63) is 46.8 Å². The smallest absolute Gasteiger partial charge is 0.251 e. The molecule has 1 heterocycles. The normalized spacial score (nSPS) is 17.1. The lowest BCUT2D eigenvalue weighted by molar-refractivity contribution is 0.320. The maximum atomic E-state index is 12.1. The molecule has 2 nitrogen and oxygen atoms in total. The Labute approximate surface area is 107 Å². The van der Waals surface area contributed by atoms with Crippen LogP contribution in [0, 0.1) is 5.92 Å². The van der Waals surface area contributed by atoms with Gasteiger partial charge < -0.3 is 4.57 Å². The Balaban J connectivity index is 1.99. The summed E-state index contributed by atoms with van der Waals surface area (Å²) in [5.41, 5.74) is 1.22. The summed E-state index contributed by atoms with van der Waals surface area (Å²) in [6.45, 7) is 0.889. The lowest BCUT2D eigenvalue weighted by Gasteiger charge is -2.23. The third-order valence-corrected chi connectivity index (χ3v) is 4.06. The Morgan fingerprint density at radius 3 is 2.61 bits per heavy atom. The van der Waals surface area contributed by atoms with Gasteiger partial charge in [0, 0.05) is 12.6 Å². The van der Waals surface area contributed by atoms with Crippen LogP contribution in [0.1, 0.15) is 32.1 Å². The van der Waals surface area contributed by atoms with E-state index in [9.17, 15) is 4.79 Å². The van der Waals surface area contributed by atoms with E-state index in [2.05, 4.69) is 12.1 Å². The number of rotatable bonds is 2. The first kappa shape index (κ1) is 11.5. The molecule has 0 bridgehead atoms. The minimum absolute atomic E-state index is 0.138. The zero-order valence-corrected chi connectivity index (χ0v) is 10.6. The van der Waals surface area contributed by atoms with E-state index in [-0.39, 0.29) is 5.56 Å². The summed E-state index contributed by atoms with van der Waals surface area (Å²) in [5.74, 6) is 0.683. The molecule has 1 fully saturated rings. The predicted octanol–water partition coefficient (Wildman–Crippen LogP) is 3.58. The zero-order chi connectivity index (χ0) is 12.4. The number of hydrogen-bond donors (Lipinski definition) is 0. The maximum Gasteiger partial charge on any atom is 0.251 e. The Bertz CT molecular complexity index is 593. The average Bonchev–Trinajstić information content (AvgIpc) is 2.43. The van der Waals surface area contributed by atoms with E-state index in [1.165, 1.54) is 32.1 Å². The Kier molecular flexibility index (Phi) is 3.18. The predicted molar refractivity (Wildman–Crippen MR) is 74.8 cm³/mol. The first-order valence-corrected chi connectivity index (χ1v) is 6.93. The van der Waals surface area contributed by atoms with Crippen molar-refractivity contribution >= 4 is 10.9 Å². The number of pyridine rings is 1. The Morgan fingerprint density at radius 1 is 1.00 bits per heavy atom. The van der Waals surface area contributed by atoms with Crippen LogP contribution in [0.25, 0.3) is 10.9 Å². The van der Waals surface area contributed by atoms with E-state index in [1.54, 1.807) is 6.07 Å². The number of benzene rings is 1. The summed E-state index contributed by atoms with van der Waals surface area (Å²) in [6.07, 6.45) is 6.56. The SMILES string of the molecule is O=c1ccc2ccccc2n1CC1CCCCC1. The highest BCUT2D eigenvalue weighted by molar-refractivity contribution is 5.78. The molecule has 1 aliphatic carbocycles. The van der Waals surface area contributed by atoms with Gasteiger partial charge in [0.2, 0.25) is 0 Å². The highest BCUT2D eigenvalue weighted by Crippen LogP contribution is 2.25. The number of para-hydroxylation sites is 1. The second-order valence-electron chi connectivity index (χ2n) is 5.35. The first-order chi connectivity index (χ1) is 8.84. The van der Waals surface area contributed by atoms with Gasteiger partial charge in [0.05, 0.1) is 5.52 Å². The van der Waals surface area contributed by atoms with E-state index in [0.29, 0.717) is 5.92 Å². The monoisotopic (exact) mass is 241 g/mol. The van der Waals surface area contributed by atoms with Crippen LogP contribution in [0.15, 0.2) is 41.2 Å². The van der Waals surface area contributed by atoms with Crippen molar-refractivity contribution in [1.29, 1.82) is 0 Å². The van der Waals surface area contributed by atoms with Gasteiger partial charge in [0.1, 0.15) is 0 Å². The van der Waals surface area contributed by atoms with Crippen LogP contribution in [0.3, 0.4) is 0 Å². The van der Waals surface area contributed by atoms with Crippen molar-refractivity contribution in [3.63, 3.8) is 0 Å². The van der Waals surface area contributed by atoms with Crippen LogP contribution >= 0.6 is 0 Å². The highest BCUT2D eigenvalue weighted by atomic mass is 16.1. The summed E-state index contributed by atoms with van der Waals surface area (Å²) in [6, 6.07) is 11.8. The van der Waals surface area contributed by atoms with E-state index < -0.39 is 0 Å². The fraction of sp³-hybridized carbons (Fsp3) is 0.438. The lowest BCUT2D eigenvalue weighted by atomic mass is 9.89. The van der Waals surface area contributed by atoms with Gasteiger partial charge in [0.25, 0.3) is 5.56 Å². The van der Waals surface area contributed by atoms with Gasteiger partial charge in [-0.3, -0.25) is 4.79 Å². The molecule has 18 heavy (non-hydrogen) atoms. The molecular formula is C16H19NO. The van der Waals surface area contributed by atoms with Gasteiger partial charge in [-0.25, -0.2) is 0 Å². The molecule has 0 amide bonds. The molecule has 2 aromatic rings. The Hall–Kier alpha value is -1.57. The second-order valence-corrected chi connectivity index (χ2v) is 5.35. The molecule has 0 radical (unpaired) electrons. The third-order valence-electron chi connectivity index (χ3n) is 4.06. The van der Waals surface area contributed by atoms with Crippen molar-refractivity contribution in [2.75, 3.05) is 0 Å². The summed E-state index contributed by atoms with van der Waals surface area (Å²) >= 11 is 0. The van der Waals surface area contributed by atoms with Crippen molar-refractivity contribution in [2.24, 2.45) is 5.92 Å². The summed E-state index contributed by atoms with van der Waals surface area (Å²) < 4.78 is 1.96. The van der Waals surface area contributed by atoms with Crippen molar-refractivity contribution in [1.82, 2.24) is 4.57 Å². The molecular weight excluding hydrogens is 222 g/mol. The van der Waals surface area contributed by atoms with E-state index >= 15 is 0 Å². The highest BCUT2D eigenvalue weighted by Gasteiger charge is 2.15. The van der Waals surface area contributed by atoms with Crippen molar-refractivity contribution in [3.8, 4) is 0 Å². The molecule has 0 N–H and O–H groups in total. The molecule has 0 aliphatic heterocycles. The van der Waals surface area contributed by atoms with Gasteiger partial charge in [-0.15, -0.1) is 0 Å². The Morgan fingerprint density at radius 2 is 1.78 bits per heavy atom. The van der Waals surface area contributed by atoms with Crippen LogP contribution in [0.5, 0.6) is 0 Å². The molecule has 0 saturated heterocycles. The van der Waals surface area contributed by atoms with Gasteiger partial charge in [0.15, 0.2) is 0 Å². The lowest BCUT2D eigenvalue weighted by Crippen LogP contribution is -2.24. The molecule has 0 spiro atoms. The van der Waals surface area contributed by atoms with Crippen LogP contribution in [-0.4, -0.2) is 4.57 Å². The number of hydrogen-bond acceptors (Lipinski definition) is 1. The minimum Gasteiger partial charge on any atom is -0.308 e. The largest absolute Gasteiger partial charge is 0.308 e. The minimum atomic E-state index is 0.138. The van der Waals surface area contributed by atoms with E-state index in [0.717, 1.165) is 17.4 Å². The molecule has 1 saturated carbocycles. The quantitative estimate of drug-likeness (QED) is 0.787. The molecule has 0 unspecified atom stereocenters. The fourth-order valence-electron chi connectivity index (χ4n) is 3.06. The number of fused-ring (bicyclic) bond motifs is 1. The van der Waals surface area contributed by atoms with Gasteiger partial charge in [-0.2, -0.15) is 0 Å². The van der Waals surface area contributed by atoms with E-state index in [1.807, 2.05) is 22.8 Å². The number of nitrogens with zero attached hydrogens (tertiary/aromatic N) is 1. The molecule has 1 aromatic carbocycles. The van der Waals surface area contributed by atoms with Gasteiger partial charge in [-0.1, -0.05) is 37.5 Å². The molecule has 3 rings (SSSR count). The topological polar surface area (TPSA) is 22.0 Å². The molecule has 1 aliphatic rings. The van der Waals surface area contributed by atoms with Crippen LogP contribution in [0.2, 0.25) is 0 Å². The van der Waals surface area contributed by atoms with Gasteiger partial charge >= 0.3 is 0 Å². The number of aromatic nitrogens is 1. The molecule has 1 aromatic heterocycles. The van der Waals surface area contributed by atoms with Crippen LogP contribution < -0.4 is 5.56 Å². The fourth-order valence-corrected chi connectivity index (χ4v) is 3.06. The zero-order valence-electron chi connectivity index (χ0n) is 10.6. The molecule has 94 valence electrons.